The molecule has 160 valence electrons. The summed E-state index contributed by atoms with van der Waals surface area (Å²) in [6.45, 7) is 1.72. The zero-order valence-corrected chi connectivity index (χ0v) is 18.5. The van der Waals surface area contributed by atoms with E-state index in [0.29, 0.717) is 39.3 Å². The smallest absolute Gasteiger partial charge is 0.237 e. The van der Waals surface area contributed by atoms with Gasteiger partial charge in [0.1, 0.15) is 17.6 Å². The number of carbonyl (C=O) groups excluding carboxylic acids is 1. The Kier molecular flexibility index (Phi) is 6.89. The highest BCUT2D eigenvalue weighted by atomic mass is 35.5. The number of aromatic nitrogens is 3. The molecule has 2 aromatic carbocycles. The summed E-state index contributed by atoms with van der Waals surface area (Å²) in [6.07, 6.45) is 0. The van der Waals surface area contributed by atoms with E-state index in [1.54, 1.807) is 44.4 Å². The third kappa shape index (κ3) is 4.84. The minimum atomic E-state index is -0.536. The van der Waals surface area contributed by atoms with Gasteiger partial charge in [-0.15, -0.1) is 10.2 Å². The maximum absolute atomic E-state index is 12.6. The number of nitrogens with zero attached hydrogens (tertiary/aromatic N) is 4. The fourth-order valence-corrected chi connectivity index (χ4v) is 3.66. The van der Waals surface area contributed by atoms with Crippen molar-refractivity contribution in [3.8, 4) is 29.0 Å². The first-order valence-corrected chi connectivity index (χ1v) is 10.2. The second kappa shape index (κ2) is 9.59. The van der Waals surface area contributed by atoms with E-state index in [0.717, 1.165) is 11.8 Å². The Bertz CT molecular complexity index is 1160. The van der Waals surface area contributed by atoms with E-state index in [4.69, 9.17) is 32.2 Å². The van der Waals surface area contributed by atoms with E-state index < -0.39 is 5.25 Å². The number of ether oxygens (including phenoxy) is 2. The number of anilines is 1. The van der Waals surface area contributed by atoms with Gasteiger partial charge < -0.3 is 20.6 Å². The van der Waals surface area contributed by atoms with Gasteiger partial charge in [-0.05, 0) is 37.3 Å². The van der Waals surface area contributed by atoms with Crippen LogP contribution in [0.25, 0.3) is 11.4 Å². The molecule has 31 heavy (non-hydrogen) atoms. The van der Waals surface area contributed by atoms with E-state index in [2.05, 4.69) is 15.5 Å². The van der Waals surface area contributed by atoms with E-state index >= 15 is 0 Å². The molecular formula is C20H19ClN6O3S. The number of nitriles is 1. The molecule has 3 N–H and O–H groups in total. The van der Waals surface area contributed by atoms with Crippen molar-refractivity contribution in [2.24, 2.45) is 0 Å². The lowest BCUT2D eigenvalue weighted by atomic mass is 10.2. The van der Waals surface area contributed by atoms with Crippen LogP contribution in [0.15, 0.2) is 41.6 Å². The summed E-state index contributed by atoms with van der Waals surface area (Å²) in [5, 5.41) is 20.0. The van der Waals surface area contributed by atoms with Gasteiger partial charge >= 0.3 is 0 Å². The van der Waals surface area contributed by atoms with Crippen molar-refractivity contribution in [1.82, 2.24) is 14.9 Å². The first-order valence-electron chi connectivity index (χ1n) is 8.98. The second-order valence-corrected chi connectivity index (χ2v) is 8.01. The van der Waals surface area contributed by atoms with Gasteiger partial charge in [0.2, 0.25) is 11.1 Å². The lowest BCUT2D eigenvalue weighted by Gasteiger charge is -2.13. The highest BCUT2D eigenvalue weighted by molar-refractivity contribution is 8.00. The largest absolute Gasteiger partial charge is 0.497 e. The lowest BCUT2D eigenvalue weighted by Crippen LogP contribution is -2.23. The molecule has 11 heteroatoms. The van der Waals surface area contributed by atoms with Gasteiger partial charge in [0.15, 0.2) is 5.82 Å². The summed E-state index contributed by atoms with van der Waals surface area (Å²) in [5.41, 5.74) is 1.45. The van der Waals surface area contributed by atoms with Crippen molar-refractivity contribution in [2.45, 2.75) is 17.3 Å². The Balaban J connectivity index is 1.75. The van der Waals surface area contributed by atoms with Crippen LogP contribution in [0.1, 0.15) is 12.5 Å². The van der Waals surface area contributed by atoms with Gasteiger partial charge in [0, 0.05) is 11.8 Å². The average molecular weight is 459 g/mol. The normalized spacial score (nSPS) is 11.5. The van der Waals surface area contributed by atoms with Crippen LogP contribution in [0, 0.1) is 11.3 Å². The maximum atomic E-state index is 12.6. The highest BCUT2D eigenvalue weighted by Crippen LogP contribution is 2.33. The molecule has 1 aromatic heterocycles. The molecule has 0 radical (unpaired) electrons. The number of benzene rings is 2. The number of methoxy groups -OCH3 is 2. The predicted octanol–water partition coefficient (Wildman–Crippen LogP) is 3.32. The molecule has 0 bridgehead atoms. The molecule has 1 atom stereocenters. The summed E-state index contributed by atoms with van der Waals surface area (Å²) < 4.78 is 11.9. The number of carbonyl (C=O) groups is 1. The van der Waals surface area contributed by atoms with E-state index in [1.165, 1.54) is 17.9 Å². The van der Waals surface area contributed by atoms with Crippen molar-refractivity contribution in [3.05, 3.63) is 47.0 Å². The standard InChI is InChI=1S/C20H19ClN6O3S/c1-11(19(28)24-13-5-4-12(10-22)16(21)8-13)31-20-26-25-18(27(20)23)15-7-6-14(29-2)9-17(15)30-3/h4-9,11H,23H2,1-3H3,(H,24,28). The molecule has 0 fully saturated rings. The molecule has 0 aliphatic rings. The number of amides is 1. The molecule has 3 aromatic rings. The fraction of sp³-hybridized carbons (Fsp3) is 0.200. The van der Waals surface area contributed by atoms with Gasteiger partial charge in [-0.2, -0.15) is 5.26 Å². The molecule has 3 rings (SSSR count). The average Bonchev–Trinajstić information content (AvgIpc) is 3.13. The Labute approximate surface area is 188 Å². The molecule has 9 nitrogen and oxygen atoms in total. The van der Waals surface area contributed by atoms with Crippen molar-refractivity contribution >= 4 is 35.0 Å². The van der Waals surface area contributed by atoms with Crippen LogP contribution < -0.4 is 20.6 Å². The van der Waals surface area contributed by atoms with Gasteiger partial charge in [0.05, 0.1) is 35.6 Å². The molecule has 1 unspecified atom stereocenters. The van der Waals surface area contributed by atoms with Crippen LogP contribution in [-0.4, -0.2) is 40.3 Å². The van der Waals surface area contributed by atoms with Gasteiger partial charge in [-0.25, -0.2) is 4.68 Å². The SMILES string of the molecule is COc1ccc(-c2nnc(SC(C)C(=O)Nc3ccc(C#N)c(Cl)c3)n2N)c(OC)c1. The van der Waals surface area contributed by atoms with Crippen LogP contribution in [-0.2, 0) is 4.79 Å². The molecule has 0 spiro atoms. The number of hydrogen-bond donors (Lipinski definition) is 2. The number of nitrogen functional groups attached to an aromatic ring is 1. The third-order valence-electron chi connectivity index (χ3n) is 4.32. The van der Waals surface area contributed by atoms with Crippen LogP contribution in [0.4, 0.5) is 5.69 Å². The van der Waals surface area contributed by atoms with Crippen LogP contribution in [0.3, 0.4) is 0 Å². The minimum absolute atomic E-state index is 0.264. The number of nitrogens with one attached hydrogen (secondary N) is 1. The summed E-state index contributed by atoms with van der Waals surface area (Å²) in [5.74, 6) is 7.45. The van der Waals surface area contributed by atoms with E-state index in [-0.39, 0.29) is 10.9 Å². The van der Waals surface area contributed by atoms with Gasteiger partial charge in [-0.3, -0.25) is 4.79 Å². The number of nitrogens with two attached hydrogens (primary N) is 1. The molecule has 1 amide bonds. The van der Waals surface area contributed by atoms with Crippen molar-refractivity contribution in [3.63, 3.8) is 0 Å². The van der Waals surface area contributed by atoms with Crippen molar-refractivity contribution < 1.29 is 14.3 Å². The first kappa shape index (κ1) is 22.3. The summed E-state index contributed by atoms with van der Waals surface area (Å²) in [6, 6.07) is 11.9. The number of rotatable bonds is 7. The third-order valence-corrected chi connectivity index (χ3v) is 5.69. The number of halogens is 1. The fourth-order valence-electron chi connectivity index (χ4n) is 2.66. The quantitative estimate of drug-likeness (QED) is 0.407. The zero-order chi connectivity index (χ0) is 22.5. The second-order valence-electron chi connectivity index (χ2n) is 6.30. The first-order chi connectivity index (χ1) is 14.9. The number of hydrogen-bond acceptors (Lipinski definition) is 8. The Morgan fingerprint density at radius 2 is 2.03 bits per heavy atom. The maximum Gasteiger partial charge on any atom is 0.237 e. The topological polar surface area (TPSA) is 128 Å². The van der Waals surface area contributed by atoms with Crippen molar-refractivity contribution in [1.29, 1.82) is 5.26 Å². The van der Waals surface area contributed by atoms with E-state index in [9.17, 15) is 4.79 Å². The predicted molar refractivity (Wildman–Crippen MR) is 119 cm³/mol. The molecule has 0 saturated heterocycles. The minimum Gasteiger partial charge on any atom is -0.497 e. The van der Waals surface area contributed by atoms with Crippen LogP contribution in [0.5, 0.6) is 11.5 Å². The Morgan fingerprint density at radius 1 is 1.26 bits per heavy atom. The van der Waals surface area contributed by atoms with Gasteiger partial charge in [0.25, 0.3) is 0 Å². The lowest BCUT2D eigenvalue weighted by molar-refractivity contribution is -0.115. The number of thioether (sulfide) groups is 1. The molecule has 0 saturated carbocycles. The summed E-state index contributed by atoms with van der Waals surface area (Å²) in [7, 11) is 3.10. The summed E-state index contributed by atoms with van der Waals surface area (Å²) in [4.78, 5) is 12.6. The van der Waals surface area contributed by atoms with Crippen LogP contribution >= 0.6 is 23.4 Å². The Hall–Kier alpha value is -3.42. The molecule has 1 heterocycles. The molecular weight excluding hydrogens is 440 g/mol. The summed E-state index contributed by atoms with van der Waals surface area (Å²) >= 11 is 7.16. The van der Waals surface area contributed by atoms with Crippen LogP contribution in [0.2, 0.25) is 5.02 Å². The van der Waals surface area contributed by atoms with Gasteiger partial charge in [-0.1, -0.05) is 23.4 Å². The van der Waals surface area contributed by atoms with E-state index in [1.807, 2.05) is 6.07 Å². The molecule has 0 aliphatic carbocycles. The zero-order valence-electron chi connectivity index (χ0n) is 16.9. The highest BCUT2D eigenvalue weighted by Gasteiger charge is 2.22. The molecule has 0 aliphatic heterocycles. The monoisotopic (exact) mass is 458 g/mol. The van der Waals surface area contributed by atoms with Crippen molar-refractivity contribution in [2.75, 3.05) is 25.4 Å². The Morgan fingerprint density at radius 3 is 2.68 bits per heavy atom.